The van der Waals surface area contributed by atoms with E-state index in [0.717, 1.165) is 44.7 Å². The molecule has 3 rings (SSSR count). The predicted octanol–water partition coefficient (Wildman–Crippen LogP) is 2.42. The lowest BCUT2D eigenvalue weighted by Gasteiger charge is -2.35. The lowest BCUT2D eigenvalue weighted by atomic mass is 9.95. The van der Waals surface area contributed by atoms with E-state index in [1.807, 2.05) is 0 Å². The molecule has 1 atom stereocenters. The number of nitrogens with zero attached hydrogens (tertiary/aromatic N) is 1. The molecule has 2 aliphatic rings. The third-order valence-corrected chi connectivity index (χ3v) is 4.89. The third kappa shape index (κ3) is 3.69. The van der Waals surface area contributed by atoms with Crippen molar-refractivity contribution in [2.45, 2.75) is 39.1 Å². The van der Waals surface area contributed by atoms with Gasteiger partial charge in [-0.05, 0) is 50.9 Å². The fraction of sp³-hybridized carbons (Fsp3) is 0.667. The Bertz CT molecular complexity index is 491. The molecule has 2 fully saturated rings. The van der Waals surface area contributed by atoms with Crippen LogP contribution in [0.4, 0.5) is 0 Å². The zero-order valence-corrected chi connectivity index (χ0v) is 13.6. The number of likely N-dealkylation sites (tertiary alicyclic amines) is 1. The molecule has 0 spiro atoms. The van der Waals surface area contributed by atoms with Gasteiger partial charge in [0.25, 0.3) is 0 Å². The Kier molecular flexibility index (Phi) is 5.14. The Morgan fingerprint density at radius 2 is 1.86 bits per heavy atom. The number of aliphatic hydroxyl groups excluding tert-OH is 1. The molecule has 0 aromatic heterocycles. The average Bonchev–Trinajstić information content (AvgIpc) is 3.05. The summed E-state index contributed by atoms with van der Waals surface area (Å²) in [4.78, 5) is 2.36. The summed E-state index contributed by atoms with van der Waals surface area (Å²) >= 11 is 0. The maximum absolute atomic E-state index is 10.6. The van der Waals surface area contributed by atoms with Crippen molar-refractivity contribution >= 4 is 0 Å². The molecule has 0 aliphatic carbocycles. The van der Waals surface area contributed by atoms with Gasteiger partial charge >= 0.3 is 0 Å². The Balaban J connectivity index is 1.52. The Hall–Kier alpha value is -0.940. The van der Waals surface area contributed by atoms with Crippen LogP contribution in [-0.4, -0.2) is 49.1 Å². The van der Waals surface area contributed by atoms with E-state index in [1.165, 1.54) is 11.1 Å². The molecule has 2 aliphatic heterocycles. The molecule has 122 valence electrons. The topological polar surface area (TPSA) is 41.9 Å². The number of hydrogen-bond acceptors (Lipinski definition) is 4. The molecule has 0 saturated carbocycles. The average molecular weight is 305 g/mol. The van der Waals surface area contributed by atoms with E-state index in [0.29, 0.717) is 12.5 Å². The Morgan fingerprint density at radius 1 is 1.18 bits per heavy atom. The van der Waals surface area contributed by atoms with Gasteiger partial charge in [-0.1, -0.05) is 23.8 Å². The fourth-order valence-electron chi connectivity index (χ4n) is 3.52. The van der Waals surface area contributed by atoms with Gasteiger partial charge < -0.3 is 19.5 Å². The van der Waals surface area contributed by atoms with Crippen LogP contribution in [0.2, 0.25) is 0 Å². The fourth-order valence-corrected chi connectivity index (χ4v) is 3.52. The van der Waals surface area contributed by atoms with Crippen LogP contribution in [0.3, 0.4) is 0 Å². The SMILES string of the molecule is Cc1ccc(C)c([C@@H](O)CN2CCC(C3OCCO3)CC2)c1. The molecule has 0 amide bonds. The molecule has 1 N–H and O–H groups in total. The van der Waals surface area contributed by atoms with E-state index in [2.05, 4.69) is 36.9 Å². The van der Waals surface area contributed by atoms with Gasteiger partial charge in [0.15, 0.2) is 6.29 Å². The number of benzene rings is 1. The van der Waals surface area contributed by atoms with Crippen molar-refractivity contribution in [3.8, 4) is 0 Å². The molecule has 4 nitrogen and oxygen atoms in total. The molecule has 2 saturated heterocycles. The Morgan fingerprint density at radius 3 is 2.55 bits per heavy atom. The summed E-state index contributed by atoms with van der Waals surface area (Å²) in [7, 11) is 0. The van der Waals surface area contributed by atoms with Gasteiger partial charge in [-0.15, -0.1) is 0 Å². The van der Waals surface area contributed by atoms with Crippen molar-refractivity contribution in [1.29, 1.82) is 0 Å². The van der Waals surface area contributed by atoms with Crippen LogP contribution in [0.5, 0.6) is 0 Å². The van der Waals surface area contributed by atoms with E-state index < -0.39 is 6.10 Å². The van der Waals surface area contributed by atoms with Crippen LogP contribution in [0.25, 0.3) is 0 Å². The highest BCUT2D eigenvalue weighted by Gasteiger charge is 2.31. The number of ether oxygens (including phenoxy) is 2. The molecular formula is C18H27NO3. The second kappa shape index (κ2) is 7.09. The summed E-state index contributed by atoms with van der Waals surface area (Å²) in [6.07, 6.45) is 1.77. The minimum absolute atomic E-state index is 0.00564. The van der Waals surface area contributed by atoms with Crippen molar-refractivity contribution in [2.24, 2.45) is 5.92 Å². The molecule has 22 heavy (non-hydrogen) atoms. The molecule has 4 heteroatoms. The van der Waals surface area contributed by atoms with Gasteiger partial charge in [-0.3, -0.25) is 0 Å². The molecule has 0 bridgehead atoms. The van der Waals surface area contributed by atoms with Crippen LogP contribution in [0.1, 0.15) is 35.6 Å². The number of aryl methyl sites for hydroxylation is 2. The smallest absolute Gasteiger partial charge is 0.160 e. The summed E-state index contributed by atoms with van der Waals surface area (Å²) in [6.45, 7) is 8.34. The lowest BCUT2D eigenvalue weighted by molar-refractivity contribution is -0.0986. The number of aliphatic hydroxyl groups is 1. The summed E-state index contributed by atoms with van der Waals surface area (Å²) in [5.74, 6) is 0.511. The summed E-state index contributed by atoms with van der Waals surface area (Å²) < 4.78 is 11.2. The minimum atomic E-state index is -0.407. The maximum Gasteiger partial charge on any atom is 0.160 e. The van der Waals surface area contributed by atoms with Gasteiger partial charge in [0.2, 0.25) is 0 Å². The van der Waals surface area contributed by atoms with Gasteiger partial charge in [0.05, 0.1) is 19.3 Å². The van der Waals surface area contributed by atoms with Gasteiger partial charge in [0.1, 0.15) is 0 Å². The first-order chi connectivity index (χ1) is 10.6. The normalized spacial score (nSPS) is 23.0. The highest BCUT2D eigenvalue weighted by Crippen LogP contribution is 2.27. The molecule has 0 unspecified atom stereocenters. The zero-order chi connectivity index (χ0) is 15.5. The van der Waals surface area contributed by atoms with Gasteiger partial charge in [-0.2, -0.15) is 0 Å². The highest BCUT2D eigenvalue weighted by atomic mass is 16.7. The maximum atomic E-state index is 10.6. The first-order valence-electron chi connectivity index (χ1n) is 8.34. The molecular weight excluding hydrogens is 278 g/mol. The third-order valence-electron chi connectivity index (χ3n) is 4.89. The van der Waals surface area contributed by atoms with E-state index >= 15 is 0 Å². The predicted molar refractivity (Wildman–Crippen MR) is 85.7 cm³/mol. The monoisotopic (exact) mass is 305 g/mol. The van der Waals surface area contributed by atoms with Crippen LogP contribution in [0, 0.1) is 19.8 Å². The second-order valence-corrected chi connectivity index (χ2v) is 6.62. The zero-order valence-electron chi connectivity index (χ0n) is 13.6. The van der Waals surface area contributed by atoms with Crippen LogP contribution < -0.4 is 0 Å². The molecule has 0 radical (unpaired) electrons. The van der Waals surface area contributed by atoms with E-state index in [-0.39, 0.29) is 6.29 Å². The molecule has 2 heterocycles. The minimum Gasteiger partial charge on any atom is -0.387 e. The second-order valence-electron chi connectivity index (χ2n) is 6.62. The van der Waals surface area contributed by atoms with Crippen molar-refractivity contribution in [2.75, 3.05) is 32.8 Å². The van der Waals surface area contributed by atoms with Crippen molar-refractivity contribution < 1.29 is 14.6 Å². The number of β-amino-alcohol motifs (C(OH)–C–C–N with tert-alkyl or cyclic N) is 1. The highest BCUT2D eigenvalue weighted by molar-refractivity contribution is 5.32. The number of rotatable bonds is 4. The van der Waals surface area contributed by atoms with Crippen LogP contribution >= 0.6 is 0 Å². The van der Waals surface area contributed by atoms with E-state index in [9.17, 15) is 5.11 Å². The summed E-state index contributed by atoms with van der Waals surface area (Å²) in [5, 5.41) is 10.6. The van der Waals surface area contributed by atoms with Gasteiger partial charge in [0, 0.05) is 12.5 Å². The van der Waals surface area contributed by atoms with E-state index in [1.54, 1.807) is 0 Å². The Labute approximate surface area is 133 Å². The molecule has 1 aromatic carbocycles. The first-order valence-corrected chi connectivity index (χ1v) is 8.34. The number of hydrogen-bond donors (Lipinski definition) is 1. The summed E-state index contributed by atoms with van der Waals surface area (Å²) in [5.41, 5.74) is 3.43. The lowest BCUT2D eigenvalue weighted by Crippen LogP contribution is -2.40. The first kappa shape index (κ1) is 15.9. The van der Waals surface area contributed by atoms with Crippen molar-refractivity contribution in [3.05, 3.63) is 34.9 Å². The van der Waals surface area contributed by atoms with Crippen LogP contribution in [0.15, 0.2) is 18.2 Å². The molecule has 1 aromatic rings. The number of piperidine rings is 1. The largest absolute Gasteiger partial charge is 0.387 e. The van der Waals surface area contributed by atoms with E-state index in [4.69, 9.17) is 9.47 Å². The van der Waals surface area contributed by atoms with Crippen molar-refractivity contribution in [3.63, 3.8) is 0 Å². The standard InChI is InChI=1S/C18H27NO3/c1-13-3-4-14(2)16(11-13)17(20)12-19-7-5-15(6-8-19)18-21-9-10-22-18/h3-4,11,15,17-18,20H,5-10,12H2,1-2H3/t17-/m0/s1. The quantitative estimate of drug-likeness (QED) is 0.927. The van der Waals surface area contributed by atoms with Crippen LogP contribution in [-0.2, 0) is 9.47 Å². The van der Waals surface area contributed by atoms with Gasteiger partial charge in [-0.25, -0.2) is 0 Å². The van der Waals surface area contributed by atoms with Crippen molar-refractivity contribution in [1.82, 2.24) is 4.90 Å². The summed E-state index contributed by atoms with van der Waals surface area (Å²) in [6, 6.07) is 6.29.